The van der Waals surface area contributed by atoms with Crippen molar-refractivity contribution in [2.45, 2.75) is 32.4 Å². The Balaban J connectivity index is 1.69. The topological polar surface area (TPSA) is 105 Å². The Bertz CT molecular complexity index is 1130. The average molecular weight is 413 g/mol. The molecule has 0 amide bonds. The fraction of sp³-hybridized carbons (Fsp3) is 0.476. The van der Waals surface area contributed by atoms with Gasteiger partial charge in [0, 0.05) is 20.1 Å². The summed E-state index contributed by atoms with van der Waals surface area (Å²) < 4.78 is 8.71. The number of H-pyrrole nitrogens is 1. The smallest absolute Gasteiger partial charge is 0.329 e. The molecule has 4 rings (SSSR count). The van der Waals surface area contributed by atoms with Crippen molar-refractivity contribution in [2.75, 3.05) is 24.6 Å². The molecule has 0 bridgehead atoms. The standard InChI is InChI=1S/C21H27N5O4/c1-14-7-6-10-25(11-14)20-22-18-17(19(28)23-21(29)24(18)2)26(20)12-15(27)13-30-16-8-4-3-5-9-16/h3-5,8-9,14-15,27H,6-7,10-13H2,1-2H3,(H,23,28,29)/t14-,15+/m0/s1. The van der Waals surface area contributed by atoms with Crippen LogP contribution in [0.5, 0.6) is 5.75 Å². The van der Waals surface area contributed by atoms with Crippen LogP contribution in [0.25, 0.3) is 11.2 Å². The second-order valence-electron chi connectivity index (χ2n) is 7.98. The van der Waals surface area contributed by atoms with E-state index in [9.17, 15) is 14.7 Å². The fourth-order valence-electron chi connectivity index (χ4n) is 3.98. The molecule has 0 aliphatic carbocycles. The Morgan fingerprint density at radius 2 is 2.07 bits per heavy atom. The normalized spacial score (nSPS) is 18.0. The first-order valence-electron chi connectivity index (χ1n) is 10.2. The SMILES string of the molecule is C[C@H]1CCCN(c2nc3c(c(=O)[nH]c(=O)n3C)n2C[C@@H](O)COc2ccccc2)C1. The molecule has 2 aromatic heterocycles. The number of para-hydroxylation sites is 1. The summed E-state index contributed by atoms with van der Waals surface area (Å²) in [5.41, 5.74) is -0.422. The number of hydrogen-bond acceptors (Lipinski definition) is 6. The van der Waals surface area contributed by atoms with Gasteiger partial charge in [0.25, 0.3) is 5.56 Å². The molecule has 1 fully saturated rings. The van der Waals surface area contributed by atoms with Crippen LogP contribution in [0.3, 0.4) is 0 Å². The zero-order valence-corrected chi connectivity index (χ0v) is 17.2. The third kappa shape index (κ3) is 3.97. The van der Waals surface area contributed by atoms with Crippen molar-refractivity contribution in [1.29, 1.82) is 0 Å². The highest BCUT2D eigenvalue weighted by Crippen LogP contribution is 2.25. The lowest BCUT2D eigenvalue weighted by atomic mass is 10.0. The van der Waals surface area contributed by atoms with Crippen molar-refractivity contribution >= 4 is 17.1 Å². The summed E-state index contributed by atoms with van der Waals surface area (Å²) in [6.45, 7) is 4.01. The van der Waals surface area contributed by atoms with Gasteiger partial charge in [-0.2, -0.15) is 4.98 Å². The first kappa shape index (κ1) is 20.2. The Kier molecular flexibility index (Phi) is 5.63. The van der Waals surface area contributed by atoms with E-state index in [4.69, 9.17) is 4.74 Å². The van der Waals surface area contributed by atoms with Gasteiger partial charge in [-0.15, -0.1) is 0 Å². The Labute approximate surface area is 173 Å². The molecule has 3 heterocycles. The molecular formula is C21H27N5O4. The number of benzene rings is 1. The summed E-state index contributed by atoms with van der Waals surface area (Å²) in [6.07, 6.45) is 1.31. The molecule has 2 atom stereocenters. The molecule has 160 valence electrons. The number of imidazole rings is 1. The van der Waals surface area contributed by atoms with Crippen molar-refractivity contribution in [2.24, 2.45) is 13.0 Å². The molecule has 1 aliphatic rings. The van der Waals surface area contributed by atoms with Crippen LogP contribution in [0.2, 0.25) is 0 Å². The van der Waals surface area contributed by atoms with Crippen LogP contribution in [0, 0.1) is 5.92 Å². The maximum Gasteiger partial charge on any atom is 0.329 e. The Morgan fingerprint density at radius 1 is 1.30 bits per heavy atom. The van der Waals surface area contributed by atoms with Gasteiger partial charge in [-0.05, 0) is 30.9 Å². The van der Waals surface area contributed by atoms with Crippen molar-refractivity contribution in [3.05, 3.63) is 51.2 Å². The molecule has 30 heavy (non-hydrogen) atoms. The van der Waals surface area contributed by atoms with Crippen molar-refractivity contribution in [3.63, 3.8) is 0 Å². The second kappa shape index (κ2) is 8.35. The van der Waals surface area contributed by atoms with Gasteiger partial charge in [0.2, 0.25) is 5.95 Å². The molecule has 9 nitrogen and oxygen atoms in total. The summed E-state index contributed by atoms with van der Waals surface area (Å²) in [5.74, 6) is 1.76. The minimum absolute atomic E-state index is 0.0726. The molecule has 1 aliphatic heterocycles. The van der Waals surface area contributed by atoms with Crippen LogP contribution < -0.4 is 20.9 Å². The average Bonchev–Trinajstić information content (AvgIpc) is 3.11. The molecule has 3 aromatic rings. The summed E-state index contributed by atoms with van der Waals surface area (Å²) >= 11 is 0. The molecule has 1 saturated heterocycles. The van der Waals surface area contributed by atoms with E-state index in [1.807, 2.05) is 30.3 Å². The molecule has 0 saturated carbocycles. The molecule has 0 radical (unpaired) electrons. The van der Waals surface area contributed by atoms with Gasteiger partial charge in [-0.25, -0.2) is 4.79 Å². The molecule has 0 spiro atoms. The van der Waals surface area contributed by atoms with E-state index in [0.29, 0.717) is 23.3 Å². The Hall–Kier alpha value is -3.07. The fourth-order valence-corrected chi connectivity index (χ4v) is 3.98. The number of nitrogens with zero attached hydrogens (tertiary/aromatic N) is 4. The highest BCUT2D eigenvalue weighted by molar-refractivity contribution is 5.74. The summed E-state index contributed by atoms with van der Waals surface area (Å²) in [5, 5.41) is 10.7. The van der Waals surface area contributed by atoms with Crippen LogP contribution in [0.1, 0.15) is 19.8 Å². The van der Waals surface area contributed by atoms with Gasteiger partial charge in [0.15, 0.2) is 11.2 Å². The monoisotopic (exact) mass is 413 g/mol. The number of rotatable bonds is 6. The maximum atomic E-state index is 12.6. The first-order valence-corrected chi connectivity index (χ1v) is 10.2. The number of piperidine rings is 1. The lowest BCUT2D eigenvalue weighted by molar-refractivity contribution is 0.0935. The predicted molar refractivity (Wildman–Crippen MR) is 114 cm³/mol. The third-order valence-corrected chi connectivity index (χ3v) is 5.51. The number of nitrogens with one attached hydrogen (secondary N) is 1. The van der Waals surface area contributed by atoms with Crippen LogP contribution in [-0.2, 0) is 13.6 Å². The number of aryl methyl sites for hydroxylation is 1. The van der Waals surface area contributed by atoms with Gasteiger partial charge >= 0.3 is 5.69 Å². The number of ether oxygens (including phenoxy) is 1. The quantitative estimate of drug-likeness (QED) is 0.627. The zero-order chi connectivity index (χ0) is 21.3. The minimum atomic E-state index is -0.861. The van der Waals surface area contributed by atoms with Crippen LogP contribution in [0.4, 0.5) is 5.95 Å². The van der Waals surface area contributed by atoms with E-state index >= 15 is 0 Å². The van der Waals surface area contributed by atoms with E-state index in [1.54, 1.807) is 11.6 Å². The largest absolute Gasteiger partial charge is 0.491 e. The van der Waals surface area contributed by atoms with Crippen molar-refractivity contribution in [3.8, 4) is 5.75 Å². The van der Waals surface area contributed by atoms with E-state index in [-0.39, 0.29) is 18.7 Å². The lowest BCUT2D eigenvalue weighted by Crippen LogP contribution is -2.37. The summed E-state index contributed by atoms with van der Waals surface area (Å²) in [4.78, 5) is 33.8. The number of aliphatic hydroxyl groups excluding tert-OH is 1. The van der Waals surface area contributed by atoms with Crippen LogP contribution >= 0.6 is 0 Å². The number of hydrogen-bond donors (Lipinski definition) is 2. The number of aromatic nitrogens is 4. The van der Waals surface area contributed by atoms with Crippen LogP contribution in [0.15, 0.2) is 39.9 Å². The van der Waals surface area contributed by atoms with Gasteiger partial charge in [0.1, 0.15) is 18.5 Å². The maximum absolute atomic E-state index is 12.6. The van der Waals surface area contributed by atoms with E-state index < -0.39 is 17.4 Å². The molecule has 1 aromatic carbocycles. The molecule has 0 unspecified atom stereocenters. The molecule has 9 heteroatoms. The van der Waals surface area contributed by atoms with E-state index in [2.05, 4.69) is 21.8 Å². The minimum Gasteiger partial charge on any atom is -0.491 e. The van der Waals surface area contributed by atoms with Crippen molar-refractivity contribution in [1.82, 2.24) is 19.1 Å². The number of fused-ring (bicyclic) bond motifs is 1. The molecule has 2 N–H and O–H groups in total. The Morgan fingerprint density at radius 3 is 2.80 bits per heavy atom. The summed E-state index contributed by atoms with van der Waals surface area (Å²) in [7, 11) is 1.58. The van der Waals surface area contributed by atoms with Gasteiger partial charge in [-0.1, -0.05) is 25.1 Å². The predicted octanol–water partition coefficient (Wildman–Crippen LogP) is 1.10. The van der Waals surface area contributed by atoms with Crippen LogP contribution in [-0.4, -0.2) is 50.0 Å². The van der Waals surface area contributed by atoms with Gasteiger partial charge in [0.05, 0.1) is 6.54 Å². The third-order valence-electron chi connectivity index (χ3n) is 5.51. The number of anilines is 1. The highest BCUT2D eigenvalue weighted by atomic mass is 16.5. The first-order chi connectivity index (χ1) is 14.4. The number of aliphatic hydroxyl groups is 1. The van der Waals surface area contributed by atoms with Gasteiger partial charge in [-0.3, -0.25) is 14.3 Å². The highest BCUT2D eigenvalue weighted by Gasteiger charge is 2.26. The lowest BCUT2D eigenvalue weighted by Gasteiger charge is -2.32. The van der Waals surface area contributed by atoms with E-state index in [0.717, 1.165) is 25.9 Å². The number of aromatic amines is 1. The summed E-state index contributed by atoms with van der Waals surface area (Å²) in [6, 6.07) is 9.26. The van der Waals surface area contributed by atoms with Gasteiger partial charge < -0.3 is 19.3 Å². The zero-order valence-electron chi connectivity index (χ0n) is 17.2. The molecular weight excluding hydrogens is 386 g/mol. The van der Waals surface area contributed by atoms with E-state index in [1.165, 1.54) is 4.57 Å². The second-order valence-corrected chi connectivity index (χ2v) is 7.98. The van der Waals surface area contributed by atoms with Crippen molar-refractivity contribution < 1.29 is 9.84 Å².